The zero-order valence-corrected chi connectivity index (χ0v) is 11.4. The SMILES string of the molecule is CN1CCNc2cc(Nc3ccc(F)cc3)ncc2C1. The van der Waals surface area contributed by atoms with Crippen LogP contribution in [0.2, 0.25) is 0 Å². The van der Waals surface area contributed by atoms with Gasteiger partial charge in [0.05, 0.1) is 0 Å². The van der Waals surface area contributed by atoms with Crippen LogP contribution in [0.3, 0.4) is 0 Å². The van der Waals surface area contributed by atoms with Crippen molar-refractivity contribution in [1.82, 2.24) is 9.88 Å². The number of benzene rings is 1. The highest BCUT2D eigenvalue weighted by atomic mass is 19.1. The van der Waals surface area contributed by atoms with Crippen LogP contribution in [-0.4, -0.2) is 30.0 Å². The van der Waals surface area contributed by atoms with E-state index in [0.717, 1.165) is 36.8 Å². The summed E-state index contributed by atoms with van der Waals surface area (Å²) in [6.07, 6.45) is 1.88. The van der Waals surface area contributed by atoms with Crippen molar-refractivity contribution in [2.75, 3.05) is 30.8 Å². The van der Waals surface area contributed by atoms with Gasteiger partial charge in [0.25, 0.3) is 0 Å². The lowest BCUT2D eigenvalue weighted by molar-refractivity contribution is 0.346. The third-order valence-corrected chi connectivity index (χ3v) is 3.35. The monoisotopic (exact) mass is 272 g/mol. The first-order chi connectivity index (χ1) is 9.70. The minimum absolute atomic E-state index is 0.241. The Kier molecular flexibility index (Phi) is 3.52. The van der Waals surface area contributed by atoms with Crippen molar-refractivity contribution in [1.29, 1.82) is 0 Å². The number of nitrogens with one attached hydrogen (secondary N) is 2. The van der Waals surface area contributed by atoms with Crippen LogP contribution in [0.25, 0.3) is 0 Å². The van der Waals surface area contributed by atoms with Gasteiger partial charge in [-0.2, -0.15) is 0 Å². The normalized spacial score (nSPS) is 15.1. The van der Waals surface area contributed by atoms with Crippen LogP contribution in [0, 0.1) is 5.82 Å². The number of halogens is 1. The second kappa shape index (κ2) is 5.46. The highest BCUT2D eigenvalue weighted by molar-refractivity contribution is 5.63. The Labute approximate surface area is 117 Å². The van der Waals surface area contributed by atoms with Crippen molar-refractivity contribution in [2.45, 2.75) is 6.54 Å². The minimum atomic E-state index is -0.241. The summed E-state index contributed by atoms with van der Waals surface area (Å²) in [5, 5.41) is 6.59. The van der Waals surface area contributed by atoms with Crippen molar-refractivity contribution in [3.63, 3.8) is 0 Å². The number of rotatable bonds is 2. The second-order valence-electron chi connectivity index (χ2n) is 5.02. The van der Waals surface area contributed by atoms with E-state index < -0.39 is 0 Å². The van der Waals surface area contributed by atoms with Crippen molar-refractivity contribution >= 4 is 17.2 Å². The number of anilines is 3. The molecular weight excluding hydrogens is 255 g/mol. The molecule has 0 radical (unpaired) electrons. The fourth-order valence-electron chi connectivity index (χ4n) is 2.27. The molecule has 1 aromatic heterocycles. The average Bonchev–Trinajstić information content (AvgIpc) is 2.62. The van der Waals surface area contributed by atoms with Gasteiger partial charge in [0.15, 0.2) is 0 Å². The zero-order chi connectivity index (χ0) is 13.9. The Bertz CT molecular complexity index is 597. The van der Waals surface area contributed by atoms with E-state index in [0.29, 0.717) is 0 Å². The Morgan fingerprint density at radius 3 is 2.90 bits per heavy atom. The molecule has 0 bridgehead atoms. The molecule has 5 heteroatoms. The largest absolute Gasteiger partial charge is 0.383 e. The summed E-state index contributed by atoms with van der Waals surface area (Å²) in [5.74, 6) is 0.516. The lowest BCUT2D eigenvalue weighted by Crippen LogP contribution is -2.20. The molecule has 2 aromatic rings. The van der Waals surface area contributed by atoms with Crippen molar-refractivity contribution in [3.8, 4) is 0 Å². The van der Waals surface area contributed by atoms with Gasteiger partial charge in [0.1, 0.15) is 11.6 Å². The van der Waals surface area contributed by atoms with Crippen molar-refractivity contribution in [2.24, 2.45) is 0 Å². The molecule has 2 heterocycles. The molecule has 3 rings (SSSR count). The zero-order valence-electron chi connectivity index (χ0n) is 11.4. The predicted molar refractivity (Wildman–Crippen MR) is 78.7 cm³/mol. The van der Waals surface area contributed by atoms with E-state index in [1.165, 1.54) is 17.7 Å². The maximum atomic E-state index is 12.9. The van der Waals surface area contributed by atoms with Crippen LogP contribution in [-0.2, 0) is 6.54 Å². The van der Waals surface area contributed by atoms with E-state index in [2.05, 4.69) is 27.6 Å². The van der Waals surface area contributed by atoms with Crippen LogP contribution in [0.1, 0.15) is 5.56 Å². The molecule has 0 fully saturated rings. The smallest absolute Gasteiger partial charge is 0.132 e. The molecule has 2 N–H and O–H groups in total. The van der Waals surface area contributed by atoms with Gasteiger partial charge in [0, 0.05) is 48.8 Å². The molecule has 4 nitrogen and oxygen atoms in total. The van der Waals surface area contributed by atoms with Crippen LogP contribution in [0.5, 0.6) is 0 Å². The van der Waals surface area contributed by atoms with Crippen LogP contribution in [0.15, 0.2) is 36.5 Å². The Balaban J connectivity index is 1.81. The molecule has 0 saturated heterocycles. The summed E-state index contributed by atoms with van der Waals surface area (Å²) >= 11 is 0. The molecule has 0 saturated carbocycles. The third-order valence-electron chi connectivity index (χ3n) is 3.35. The number of hydrogen-bond donors (Lipinski definition) is 2. The highest BCUT2D eigenvalue weighted by Gasteiger charge is 2.12. The summed E-state index contributed by atoms with van der Waals surface area (Å²) < 4.78 is 12.9. The first kappa shape index (κ1) is 12.9. The van der Waals surface area contributed by atoms with Gasteiger partial charge in [-0.3, -0.25) is 0 Å². The topological polar surface area (TPSA) is 40.2 Å². The number of pyridine rings is 1. The number of nitrogens with zero attached hydrogens (tertiary/aromatic N) is 2. The fraction of sp³-hybridized carbons (Fsp3) is 0.267. The predicted octanol–water partition coefficient (Wildman–Crippen LogP) is 2.82. The Hall–Kier alpha value is -2.14. The molecule has 1 aromatic carbocycles. The maximum absolute atomic E-state index is 12.9. The van der Waals surface area contributed by atoms with Gasteiger partial charge in [0.2, 0.25) is 0 Å². The fourth-order valence-corrected chi connectivity index (χ4v) is 2.27. The van der Waals surface area contributed by atoms with Crippen molar-refractivity contribution < 1.29 is 4.39 Å². The molecule has 20 heavy (non-hydrogen) atoms. The van der Waals surface area contributed by atoms with Gasteiger partial charge in [-0.15, -0.1) is 0 Å². The Morgan fingerprint density at radius 2 is 2.10 bits per heavy atom. The first-order valence-electron chi connectivity index (χ1n) is 6.64. The van der Waals surface area contributed by atoms with Gasteiger partial charge < -0.3 is 15.5 Å². The average molecular weight is 272 g/mol. The molecule has 0 atom stereocenters. The minimum Gasteiger partial charge on any atom is -0.383 e. The van der Waals surface area contributed by atoms with Crippen molar-refractivity contribution in [3.05, 3.63) is 47.9 Å². The van der Waals surface area contributed by atoms with E-state index in [9.17, 15) is 4.39 Å². The molecule has 1 aliphatic heterocycles. The summed E-state index contributed by atoms with van der Waals surface area (Å²) in [4.78, 5) is 6.67. The summed E-state index contributed by atoms with van der Waals surface area (Å²) in [7, 11) is 2.10. The van der Waals surface area contributed by atoms with Gasteiger partial charge in [-0.25, -0.2) is 9.37 Å². The number of likely N-dealkylation sites (N-methyl/N-ethyl adjacent to an activating group) is 1. The number of aromatic nitrogens is 1. The maximum Gasteiger partial charge on any atom is 0.132 e. The standard InChI is InChI=1S/C15H17FN4/c1-20-7-6-17-14-8-15(18-9-11(14)10-20)19-13-4-2-12(16)3-5-13/h2-5,8-9,17H,6-7,10H2,1H3,(H,18,19). The van der Waals surface area contributed by atoms with E-state index in [4.69, 9.17) is 0 Å². The molecule has 0 unspecified atom stereocenters. The van der Waals surface area contributed by atoms with Gasteiger partial charge >= 0.3 is 0 Å². The van der Waals surface area contributed by atoms with E-state index in [-0.39, 0.29) is 5.82 Å². The van der Waals surface area contributed by atoms with Crippen LogP contribution in [0.4, 0.5) is 21.6 Å². The highest BCUT2D eigenvalue weighted by Crippen LogP contribution is 2.24. The third kappa shape index (κ3) is 2.88. The summed E-state index contributed by atoms with van der Waals surface area (Å²) in [5.41, 5.74) is 3.12. The van der Waals surface area contributed by atoms with E-state index >= 15 is 0 Å². The Morgan fingerprint density at radius 1 is 1.30 bits per heavy atom. The number of fused-ring (bicyclic) bond motifs is 1. The lowest BCUT2D eigenvalue weighted by Gasteiger charge is -2.13. The molecule has 0 aliphatic carbocycles. The van der Waals surface area contributed by atoms with Crippen LogP contribution < -0.4 is 10.6 Å². The summed E-state index contributed by atoms with van der Waals surface area (Å²) in [6, 6.07) is 8.25. The van der Waals surface area contributed by atoms with Gasteiger partial charge in [-0.05, 0) is 31.3 Å². The summed E-state index contributed by atoms with van der Waals surface area (Å²) in [6.45, 7) is 2.82. The molecule has 0 spiro atoms. The molecule has 104 valence electrons. The number of hydrogen-bond acceptors (Lipinski definition) is 4. The quantitative estimate of drug-likeness (QED) is 0.882. The molecule has 0 amide bonds. The van der Waals surface area contributed by atoms with Crippen LogP contribution >= 0.6 is 0 Å². The lowest BCUT2D eigenvalue weighted by atomic mass is 10.2. The molecular formula is C15H17FN4. The molecule has 1 aliphatic rings. The second-order valence-corrected chi connectivity index (χ2v) is 5.02. The van der Waals surface area contributed by atoms with E-state index in [1.54, 1.807) is 12.1 Å². The first-order valence-corrected chi connectivity index (χ1v) is 6.64. The van der Waals surface area contributed by atoms with Gasteiger partial charge in [-0.1, -0.05) is 0 Å². The van der Waals surface area contributed by atoms with E-state index in [1.807, 2.05) is 12.3 Å².